The molecule has 7 heteroatoms. The van der Waals surface area contributed by atoms with E-state index in [0.29, 0.717) is 42.9 Å². The van der Waals surface area contributed by atoms with Crippen LogP contribution in [0.5, 0.6) is 0 Å². The first-order valence-corrected chi connectivity index (χ1v) is 13.4. The molecule has 1 amide bonds. The Labute approximate surface area is 197 Å². The fourth-order valence-corrected chi connectivity index (χ4v) is 5.41. The number of benzene rings is 2. The highest BCUT2D eigenvalue weighted by atomic mass is 32.2. The Morgan fingerprint density at radius 3 is 2.48 bits per heavy atom. The maximum Gasteiger partial charge on any atom is 0.263 e. The van der Waals surface area contributed by atoms with E-state index in [2.05, 4.69) is 52.7 Å². The molecule has 0 unspecified atom stereocenters. The van der Waals surface area contributed by atoms with E-state index < -0.39 is 10.0 Å². The van der Waals surface area contributed by atoms with Gasteiger partial charge in [0.2, 0.25) is 5.91 Å². The zero-order valence-corrected chi connectivity index (χ0v) is 20.3. The van der Waals surface area contributed by atoms with Crippen LogP contribution in [-0.2, 0) is 21.4 Å². The number of unbranched alkanes of at least 4 members (excludes halogenated alkanes) is 2. The summed E-state index contributed by atoms with van der Waals surface area (Å²) < 4.78 is 26.8. The van der Waals surface area contributed by atoms with Crippen LogP contribution >= 0.6 is 0 Å². The van der Waals surface area contributed by atoms with Gasteiger partial charge in [0.1, 0.15) is 5.84 Å². The van der Waals surface area contributed by atoms with Crippen molar-refractivity contribution in [2.75, 3.05) is 6.54 Å². The van der Waals surface area contributed by atoms with Crippen LogP contribution in [0, 0.1) is 0 Å². The van der Waals surface area contributed by atoms with Crippen molar-refractivity contribution in [1.29, 1.82) is 0 Å². The normalized spacial score (nSPS) is 17.7. The van der Waals surface area contributed by atoms with Crippen LogP contribution in [0.1, 0.15) is 75.0 Å². The fraction of sp³-hybridized carbons (Fsp3) is 0.462. The number of amidine groups is 1. The Bertz CT molecular complexity index is 1120. The number of nitrogens with zero attached hydrogens (tertiary/aromatic N) is 2. The van der Waals surface area contributed by atoms with E-state index >= 15 is 0 Å². The molecule has 1 aliphatic heterocycles. The van der Waals surface area contributed by atoms with Crippen molar-refractivity contribution in [3.8, 4) is 0 Å². The second kappa shape index (κ2) is 10.1. The SMILES string of the molecule is CC(C)c1ccc(CN(C(=O)CCCCCN=C2NS(=O)(=O)c3ccccc32)C2CC2)cc1. The van der Waals surface area contributed by atoms with Crippen molar-refractivity contribution in [1.82, 2.24) is 9.62 Å². The van der Waals surface area contributed by atoms with E-state index in [1.54, 1.807) is 18.2 Å². The Hall–Kier alpha value is -2.67. The van der Waals surface area contributed by atoms with Crippen LogP contribution in [0.4, 0.5) is 0 Å². The van der Waals surface area contributed by atoms with Crippen LogP contribution in [0.3, 0.4) is 0 Å². The minimum Gasteiger partial charge on any atom is -0.335 e. The van der Waals surface area contributed by atoms with Crippen LogP contribution in [-0.4, -0.2) is 37.6 Å². The summed E-state index contributed by atoms with van der Waals surface area (Å²) in [6.45, 7) is 5.60. The molecule has 1 heterocycles. The number of amides is 1. The zero-order valence-electron chi connectivity index (χ0n) is 19.5. The van der Waals surface area contributed by atoms with Gasteiger partial charge in [0.05, 0.1) is 4.90 Å². The van der Waals surface area contributed by atoms with Crippen LogP contribution in [0.15, 0.2) is 58.4 Å². The molecule has 0 bridgehead atoms. The molecule has 0 saturated heterocycles. The number of aliphatic imine (C=N–C) groups is 1. The predicted octanol–water partition coefficient (Wildman–Crippen LogP) is 4.60. The highest BCUT2D eigenvalue weighted by Crippen LogP contribution is 2.29. The third-order valence-corrected chi connectivity index (χ3v) is 7.69. The summed E-state index contributed by atoms with van der Waals surface area (Å²) in [6, 6.07) is 15.9. The lowest BCUT2D eigenvalue weighted by Gasteiger charge is -2.23. The van der Waals surface area contributed by atoms with E-state index in [1.807, 2.05) is 6.07 Å². The van der Waals surface area contributed by atoms with Gasteiger partial charge in [0.15, 0.2) is 0 Å². The number of hydrogen-bond acceptors (Lipinski definition) is 4. The number of nitrogens with one attached hydrogen (secondary N) is 1. The summed E-state index contributed by atoms with van der Waals surface area (Å²) >= 11 is 0. The quantitative estimate of drug-likeness (QED) is 0.519. The predicted molar refractivity (Wildman–Crippen MR) is 131 cm³/mol. The molecule has 1 saturated carbocycles. The monoisotopic (exact) mass is 467 g/mol. The minimum absolute atomic E-state index is 0.231. The maximum atomic E-state index is 12.9. The molecule has 176 valence electrons. The van der Waals surface area contributed by atoms with Gasteiger partial charge in [-0.25, -0.2) is 8.42 Å². The Morgan fingerprint density at radius 1 is 1.06 bits per heavy atom. The van der Waals surface area contributed by atoms with Crippen LogP contribution in [0.2, 0.25) is 0 Å². The molecule has 0 aromatic heterocycles. The van der Waals surface area contributed by atoms with Crippen LogP contribution < -0.4 is 4.72 Å². The number of fused-ring (bicyclic) bond motifs is 1. The summed E-state index contributed by atoms with van der Waals surface area (Å²) in [4.78, 5) is 19.7. The van der Waals surface area contributed by atoms with Crippen molar-refractivity contribution in [3.63, 3.8) is 0 Å². The molecule has 1 aliphatic carbocycles. The summed E-state index contributed by atoms with van der Waals surface area (Å²) in [5, 5.41) is 0. The van der Waals surface area contributed by atoms with Crippen molar-refractivity contribution in [2.45, 2.75) is 75.8 Å². The van der Waals surface area contributed by atoms with Crippen molar-refractivity contribution in [3.05, 3.63) is 65.2 Å². The van der Waals surface area contributed by atoms with E-state index in [0.717, 1.165) is 32.1 Å². The second-order valence-electron chi connectivity index (χ2n) is 9.29. The topological polar surface area (TPSA) is 78.8 Å². The first kappa shape index (κ1) is 23.5. The Morgan fingerprint density at radius 2 is 1.79 bits per heavy atom. The highest BCUT2D eigenvalue weighted by molar-refractivity contribution is 7.90. The molecule has 6 nitrogen and oxygen atoms in total. The summed E-state index contributed by atoms with van der Waals surface area (Å²) in [7, 11) is -3.49. The van der Waals surface area contributed by atoms with E-state index in [-0.39, 0.29) is 10.8 Å². The number of rotatable bonds is 10. The third-order valence-electron chi connectivity index (χ3n) is 6.29. The molecule has 0 radical (unpaired) electrons. The molecule has 33 heavy (non-hydrogen) atoms. The molecule has 2 aromatic carbocycles. The fourth-order valence-electron chi connectivity index (χ4n) is 4.16. The first-order chi connectivity index (χ1) is 15.8. The van der Waals surface area contributed by atoms with Gasteiger partial charge in [-0.05, 0) is 54.9 Å². The average Bonchev–Trinajstić information content (AvgIpc) is 3.60. The molecule has 0 atom stereocenters. The van der Waals surface area contributed by atoms with Crippen molar-refractivity contribution in [2.24, 2.45) is 4.99 Å². The molecular weight excluding hydrogens is 434 g/mol. The summed E-state index contributed by atoms with van der Waals surface area (Å²) in [5.74, 6) is 1.16. The summed E-state index contributed by atoms with van der Waals surface area (Å²) in [6.07, 6.45) is 5.28. The lowest BCUT2D eigenvalue weighted by atomic mass is 10.0. The highest BCUT2D eigenvalue weighted by Gasteiger charge is 2.32. The van der Waals surface area contributed by atoms with Gasteiger partial charge in [-0.1, -0.05) is 56.7 Å². The lowest BCUT2D eigenvalue weighted by Crippen LogP contribution is -2.32. The molecular formula is C26H33N3O3S. The van der Waals surface area contributed by atoms with Gasteiger partial charge in [-0.2, -0.15) is 0 Å². The van der Waals surface area contributed by atoms with Gasteiger partial charge in [0.25, 0.3) is 10.0 Å². The smallest absolute Gasteiger partial charge is 0.263 e. The van der Waals surface area contributed by atoms with E-state index in [1.165, 1.54) is 11.1 Å². The van der Waals surface area contributed by atoms with Crippen molar-refractivity contribution < 1.29 is 13.2 Å². The molecule has 2 aromatic rings. The number of carbonyl (C=O) groups excluding carboxylic acids is 1. The Balaban J connectivity index is 1.23. The number of sulfonamides is 1. The molecule has 2 aliphatic rings. The standard InChI is InChI=1S/C26H33N3O3S/c1-19(2)21-13-11-20(12-14-21)18-29(22-15-16-22)25(30)10-4-3-7-17-27-26-23-8-5-6-9-24(23)33(31,32)28-26/h5-6,8-9,11-14,19,22H,3-4,7,10,15-18H2,1-2H3,(H,27,28). The molecule has 0 spiro atoms. The first-order valence-electron chi connectivity index (χ1n) is 11.9. The minimum atomic E-state index is -3.49. The van der Waals surface area contributed by atoms with Gasteiger partial charge in [-0.15, -0.1) is 0 Å². The molecule has 1 N–H and O–H groups in total. The summed E-state index contributed by atoms with van der Waals surface area (Å²) in [5.41, 5.74) is 3.14. The van der Waals surface area contributed by atoms with Gasteiger partial charge >= 0.3 is 0 Å². The molecule has 1 fully saturated rings. The largest absolute Gasteiger partial charge is 0.335 e. The molecule has 4 rings (SSSR count). The van der Waals surface area contributed by atoms with Gasteiger partial charge in [0, 0.05) is 31.1 Å². The van der Waals surface area contributed by atoms with Crippen molar-refractivity contribution >= 4 is 21.8 Å². The van der Waals surface area contributed by atoms with Gasteiger partial charge in [-0.3, -0.25) is 14.5 Å². The second-order valence-corrected chi connectivity index (χ2v) is 10.9. The van der Waals surface area contributed by atoms with Gasteiger partial charge < -0.3 is 4.90 Å². The van der Waals surface area contributed by atoms with E-state index in [9.17, 15) is 13.2 Å². The van der Waals surface area contributed by atoms with E-state index in [4.69, 9.17) is 0 Å². The average molecular weight is 468 g/mol. The number of hydrogen-bond donors (Lipinski definition) is 1. The number of carbonyl (C=O) groups is 1. The zero-order chi connectivity index (χ0) is 23.4. The third kappa shape index (κ3) is 5.82. The van der Waals surface area contributed by atoms with Crippen LogP contribution in [0.25, 0.3) is 0 Å². The maximum absolute atomic E-state index is 12.9. The lowest BCUT2D eigenvalue weighted by molar-refractivity contribution is -0.132. The Kier molecular flexibility index (Phi) is 7.17.